The molecular weight excluding hydrogens is 375 g/mol. The molecule has 0 amide bonds. The Hall–Kier alpha value is -2.64. The number of halogens is 2. The summed E-state index contributed by atoms with van der Waals surface area (Å²) >= 11 is 7.32. The van der Waals surface area contributed by atoms with Crippen molar-refractivity contribution >= 4 is 23.4 Å². The topological polar surface area (TPSA) is 56.7 Å². The van der Waals surface area contributed by atoms with Crippen LogP contribution >= 0.6 is 23.4 Å². The van der Waals surface area contributed by atoms with Crippen LogP contribution in [0, 0.1) is 5.82 Å². The second-order valence-corrected chi connectivity index (χ2v) is 6.75. The third kappa shape index (κ3) is 3.63. The highest BCUT2D eigenvalue weighted by atomic mass is 35.5. The Bertz CT molecular complexity index is 1030. The van der Waals surface area contributed by atoms with E-state index in [2.05, 4.69) is 15.1 Å². The number of benzene rings is 2. The quantitative estimate of drug-likeness (QED) is 0.451. The zero-order chi connectivity index (χ0) is 17.9. The van der Waals surface area contributed by atoms with Crippen molar-refractivity contribution in [3.8, 4) is 17.1 Å². The van der Waals surface area contributed by atoms with Crippen molar-refractivity contribution in [1.82, 2.24) is 19.7 Å². The van der Waals surface area contributed by atoms with Crippen LogP contribution in [0.3, 0.4) is 0 Å². The summed E-state index contributed by atoms with van der Waals surface area (Å²) < 4.78 is 20.6. The average molecular weight is 387 g/mol. The van der Waals surface area contributed by atoms with E-state index in [1.54, 1.807) is 30.6 Å². The van der Waals surface area contributed by atoms with Gasteiger partial charge in [-0.2, -0.15) is 4.98 Å². The molecule has 0 aliphatic carbocycles. The number of hydrogen-bond acceptors (Lipinski definition) is 5. The van der Waals surface area contributed by atoms with Crippen LogP contribution in [0.25, 0.3) is 17.1 Å². The number of aromatic nitrogens is 4. The number of rotatable bonds is 5. The molecule has 0 atom stereocenters. The molecule has 2 aromatic heterocycles. The van der Waals surface area contributed by atoms with Gasteiger partial charge in [0.2, 0.25) is 11.7 Å². The lowest BCUT2D eigenvalue weighted by molar-refractivity contribution is 0.391. The van der Waals surface area contributed by atoms with Crippen LogP contribution in [0.1, 0.15) is 5.89 Å². The van der Waals surface area contributed by atoms with Gasteiger partial charge < -0.3 is 4.52 Å². The minimum absolute atomic E-state index is 0.295. The summed E-state index contributed by atoms with van der Waals surface area (Å²) in [5.41, 5.74) is 1.54. The molecule has 0 unspecified atom stereocenters. The van der Waals surface area contributed by atoms with Gasteiger partial charge in [-0.1, -0.05) is 34.6 Å². The van der Waals surface area contributed by atoms with Crippen molar-refractivity contribution in [1.29, 1.82) is 0 Å². The molecule has 0 aliphatic rings. The highest BCUT2D eigenvalue weighted by Crippen LogP contribution is 2.25. The van der Waals surface area contributed by atoms with Crippen molar-refractivity contribution in [3.63, 3.8) is 0 Å². The Balaban J connectivity index is 1.49. The van der Waals surface area contributed by atoms with Crippen molar-refractivity contribution in [3.05, 3.63) is 77.7 Å². The van der Waals surface area contributed by atoms with Crippen LogP contribution in [0.2, 0.25) is 5.02 Å². The molecule has 5 nitrogen and oxygen atoms in total. The molecule has 4 rings (SSSR count). The number of thioether (sulfide) groups is 1. The minimum atomic E-state index is -0.295. The summed E-state index contributed by atoms with van der Waals surface area (Å²) in [6.45, 7) is 0. The first-order valence-corrected chi connectivity index (χ1v) is 9.06. The van der Waals surface area contributed by atoms with Crippen LogP contribution in [0.15, 0.2) is 70.6 Å². The normalized spacial score (nSPS) is 11.0. The van der Waals surface area contributed by atoms with Crippen molar-refractivity contribution < 1.29 is 8.91 Å². The van der Waals surface area contributed by atoms with E-state index in [-0.39, 0.29) is 5.82 Å². The van der Waals surface area contributed by atoms with Gasteiger partial charge >= 0.3 is 0 Å². The first-order valence-electron chi connectivity index (χ1n) is 7.70. The molecule has 0 radical (unpaired) electrons. The smallest absolute Gasteiger partial charge is 0.237 e. The molecule has 4 aromatic rings. The van der Waals surface area contributed by atoms with E-state index in [9.17, 15) is 4.39 Å². The SMILES string of the molecule is Fc1cccc(-n2ccnc2SCc2nc(-c3ccc(Cl)cc3)no2)c1. The summed E-state index contributed by atoms with van der Waals surface area (Å²) in [4.78, 5) is 8.70. The second-order valence-electron chi connectivity index (χ2n) is 5.37. The van der Waals surface area contributed by atoms with Gasteiger partial charge in [0.1, 0.15) is 5.82 Å². The zero-order valence-corrected chi connectivity index (χ0v) is 14.9. The molecule has 0 fully saturated rings. The molecule has 0 spiro atoms. The molecular formula is C18H12ClFN4OS. The fourth-order valence-electron chi connectivity index (χ4n) is 2.38. The largest absolute Gasteiger partial charge is 0.338 e. The van der Waals surface area contributed by atoms with Gasteiger partial charge in [0.25, 0.3) is 0 Å². The highest BCUT2D eigenvalue weighted by Gasteiger charge is 2.12. The molecule has 130 valence electrons. The average Bonchev–Trinajstić information content (AvgIpc) is 3.30. The van der Waals surface area contributed by atoms with Crippen molar-refractivity contribution in [2.75, 3.05) is 0 Å². The van der Waals surface area contributed by atoms with E-state index in [0.29, 0.717) is 33.3 Å². The molecule has 0 saturated carbocycles. The van der Waals surface area contributed by atoms with Gasteiger partial charge in [-0.25, -0.2) is 9.37 Å². The van der Waals surface area contributed by atoms with Crippen molar-refractivity contribution in [2.45, 2.75) is 10.9 Å². The summed E-state index contributed by atoms with van der Waals surface area (Å²) in [5.74, 6) is 1.14. The lowest BCUT2D eigenvalue weighted by Crippen LogP contribution is -1.96. The Morgan fingerprint density at radius 2 is 2.00 bits per heavy atom. The maximum absolute atomic E-state index is 13.4. The third-order valence-electron chi connectivity index (χ3n) is 3.59. The Kier molecular flexibility index (Phi) is 4.73. The summed E-state index contributed by atoms with van der Waals surface area (Å²) in [7, 11) is 0. The first-order chi connectivity index (χ1) is 12.7. The van der Waals surface area contributed by atoms with Gasteiger partial charge in [-0.05, 0) is 42.5 Å². The second kappa shape index (κ2) is 7.31. The van der Waals surface area contributed by atoms with Gasteiger partial charge in [0.05, 0.1) is 11.4 Å². The van der Waals surface area contributed by atoms with Crippen molar-refractivity contribution in [2.24, 2.45) is 0 Å². The predicted molar refractivity (Wildman–Crippen MR) is 97.8 cm³/mol. The van der Waals surface area contributed by atoms with E-state index in [0.717, 1.165) is 5.56 Å². The fraction of sp³-hybridized carbons (Fsp3) is 0.0556. The van der Waals surface area contributed by atoms with Crippen LogP contribution in [0.4, 0.5) is 4.39 Å². The Morgan fingerprint density at radius 1 is 1.15 bits per heavy atom. The van der Waals surface area contributed by atoms with Gasteiger partial charge in [-0.3, -0.25) is 4.57 Å². The Labute approximate surface area is 157 Å². The molecule has 8 heteroatoms. The maximum Gasteiger partial charge on any atom is 0.237 e. The number of imidazole rings is 1. The third-order valence-corrected chi connectivity index (χ3v) is 4.79. The lowest BCUT2D eigenvalue weighted by atomic mass is 10.2. The highest BCUT2D eigenvalue weighted by molar-refractivity contribution is 7.98. The Morgan fingerprint density at radius 3 is 2.81 bits per heavy atom. The van der Waals surface area contributed by atoms with Crippen LogP contribution in [-0.4, -0.2) is 19.7 Å². The van der Waals surface area contributed by atoms with Crippen LogP contribution < -0.4 is 0 Å². The van der Waals surface area contributed by atoms with Gasteiger partial charge in [0, 0.05) is 23.0 Å². The van der Waals surface area contributed by atoms with E-state index in [4.69, 9.17) is 16.1 Å². The van der Waals surface area contributed by atoms with E-state index in [1.807, 2.05) is 22.8 Å². The van der Waals surface area contributed by atoms with E-state index >= 15 is 0 Å². The van der Waals surface area contributed by atoms with Crippen LogP contribution in [-0.2, 0) is 5.75 Å². The molecule has 0 bridgehead atoms. The molecule has 26 heavy (non-hydrogen) atoms. The zero-order valence-electron chi connectivity index (χ0n) is 13.3. The lowest BCUT2D eigenvalue weighted by Gasteiger charge is -2.06. The van der Waals surface area contributed by atoms with E-state index < -0.39 is 0 Å². The molecule has 0 N–H and O–H groups in total. The standard InChI is InChI=1S/C18H12ClFN4OS/c19-13-6-4-12(5-7-13)17-22-16(25-23-17)11-26-18-21-8-9-24(18)15-3-1-2-14(20)10-15/h1-10H,11H2. The van der Waals surface area contributed by atoms with Crippen LogP contribution in [0.5, 0.6) is 0 Å². The molecule has 2 aromatic carbocycles. The number of nitrogens with zero attached hydrogens (tertiary/aromatic N) is 4. The van der Waals surface area contributed by atoms with Gasteiger partial charge in [0.15, 0.2) is 5.16 Å². The summed E-state index contributed by atoms with van der Waals surface area (Å²) in [5, 5.41) is 5.35. The maximum atomic E-state index is 13.4. The predicted octanol–water partition coefficient (Wildman–Crippen LogP) is 5.01. The molecule has 2 heterocycles. The summed E-state index contributed by atoms with van der Waals surface area (Å²) in [6.07, 6.45) is 3.45. The van der Waals surface area contributed by atoms with E-state index in [1.165, 1.54) is 23.9 Å². The summed E-state index contributed by atoms with van der Waals surface area (Å²) in [6, 6.07) is 13.6. The molecule has 0 saturated heterocycles. The number of hydrogen-bond donors (Lipinski definition) is 0. The minimum Gasteiger partial charge on any atom is -0.338 e. The fourth-order valence-corrected chi connectivity index (χ4v) is 3.31. The first kappa shape index (κ1) is 16.8. The monoisotopic (exact) mass is 386 g/mol. The van der Waals surface area contributed by atoms with Gasteiger partial charge in [-0.15, -0.1) is 0 Å². The molecule has 0 aliphatic heterocycles.